The highest BCUT2D eigenvalue weighted by molar-refractivity contribution is 9.10. The van der Waals surface area contributed by atoms with Gasteiger partial charge in [0.2, 0.25) is 0 Å². The fourth-order valence-electron chi connectivity index (χ4n) is 3.84. The summed E-state index contributed by atoms with van der Waals surface area (Å²) in [5.41, 5.74) is 1.76. The van der Waals surface area contributed by atoms with E-state index in [2.05, 4.69) is 58.4 Å². The standard InChI is InChI=1S/C20H13BrO2/c21-19-14-7-5-11-3-1-2-10-4-6-12(17(14)16(10)11)13-8-9-15(22)20(23)18(13)19/h1-9,15,20,22-23H/t15-,20+/m0/s1. The molecule has 2 N–H and O–H groups in total. The fraction of sp³-hybridized carbons (Fsp3) is 0.100. The highest BCUT2D eigenvalue weighted by atomic mass is 79.9. The molecule has 0 bridgehead atoms. The Kier molecular flexibility index (Phi) is 2.66. The molecule has 2 nitrogen and oxygen atoms in total. The van der Waals surface area contributed by atoms with Crippen LogP contribution in [0.4, 0.5) is 0 Å². The van der Waals surface area contributed by atoms with E-state index in [0.717, 1.165) is 26.4 Å². The molecule has 0 fully saturated rings. The Morgan fingerprint density at radius 3 is 2.26 bits per heavy atom. The largest absolute Gasteiger partial charge is 0.386 e. The molecule has 4 aromatic carbocycles. The molecule has 0 radical (unpaired) electrons. The number of benzene rings is 4. The van der Waals surface area contributed by atoms with E-state index in [4.69, 9.17) is 0 Å². The lowest BCUT2D eigenvalue weighted by Gasteiger charge is -2.26. The number of rotatable bonds is 0. The minimum atomic E-state index is -0.911. The zero-order chi connectivity index (χ0) is 15.7. The van der Waals surface area contributed by atoms with Crippen LogP contribution in [0.3, 0.4) is 0 Å². The van der Waals surface area contributed by atoms with Crippen molar-refractivity contribution >= 4 is 54.3 Å². The number of fused-ring (bicyclic) bond motifs is 2. The summed E-state index contributed by atoms with van der Waals surface area (Å²) in [5, 5.41) is 27.5. The third-order valence-electron chi connectivity index (χ3n) is 4.91. The van der Waals surface area contributed by atoms with Crippen molar-refractivity contribution in [1.29, 1.82) is 0 Å². The first-order chi connectivity index (χ1) is 11.2. The van der Waals surface area contributed by atoms with Crippen LogP contribution in [-0.4, -0.2) is 16.3 Å². The molecule has 0 saturated heterocycles. The number of aliphatic hydroxyl groups is 2. The monoisotopic (exact) mass is 364 g/mol. The van der Waals surface area contributed by atoms with Crippen molar-refractivity contribution in [3.63, 3.8) is 0 Å². The Labute approximate surface area is 141 Å². The fourth-order valence-corrected chi connectivity index (χ4v) is 4.62. The molecule has 0 spiro atoms. The van der Waals surface area contributed by atoms with Gasteiger partial charge in [-0.15, -0.1) is 0 Å². The van der Waals surface area contributed by atoms with Crippen LogP contribution in [0.5, 0.6) is 0 Å². The average molecular weight is 365 g/mol. The van der Waals surface area contributed by atoms with Crippen LogP contribution in [-0.2, 0) is 0 Å². The summed E-state index contributed by atoms with van der Waals surface area (Å²) in [6.45, 7) is 0. The second kappa shape index (κ2) is 4.54. The van der Waals surface area contributed by atoms with E-state index in [1.165, 1.54) is 21.5 Å². The van der Waals surface area contributed by atoms with Crippen molar-refractivity contribution < 1.29 is 10.2 Å². The molecule has 5 rings (SSSR count). The highest BCUT2D eigenvalue weighted by Crippen LogP contribution is 2.45. The maximum Gasteiger partial charge on any atom is 0.110 e. The normalized spacial score (nSPS) is 20.7. The summed E-state index contributed by atoms with van der Waals surface area (Å²) < 4.78 is 0.870. The molecule has 0 saturated carbocycles. The average Bonchev–Trinajstić information content (AvgIpc) is 2.57. The van der Waals surface area contributed by atoms with Gasteiger partial charge in [-0.1, -0.05) is 54.6 Å². The van der Waals surface area contributed by atoms with Crippen LogP contribution in [0.2, 0.25) is 0 Å². The summed E-state index contributed by atoms with van der Waals surface area (Å²) in [6, 6.07) is 14.8. The summed E-state index contributed by atoms with van der Waals surface area (Å²) in [6.07, 6.45) is 1.80. The SMILES string of the molecule is O[C@H]1C=Cc2c(c(Br)c3ccc4cccc5ccc2c3c45)[C@@H]1O. The molecule has 3 heteroatoms. The molecule has 0 unspecified atom stereocenters. The maximum atomic E-state index is 10.5. The van der Waals surface area contributed by atoms with Crippen LogP contribution in [0.1, 0.15) is 17.2 Å². The minimum Gasteiger partial charge on any atom is -0.386 e. The Bertz CT molecular complexity index is 1100. The van der Waals surface area contributed by atoms with Gasteiger partial charge in [0, 0.05) is 10.0 Å². The van der Waals surface area contributed by atoms with Gasteiger partial charge in [-0.05, 0) is 53.8 Å². The number of aliphatic hydroxyl groups excluding tert-OH is 2. The lowest BCUT2D eigenvalue weighted by atomic mass is 9.84. The molecule has 4 aromatic rings. The van der Waals surface area contributed by atoms with Crippen LogP contribution in [0.15, 0.2) is 53.0 Å². The van der Waals surface area contributed by atoms with E-state index in [1.807, 2.05) is 6.08 Å². The Morgan fingerprint density at radius 2 is 1.52 bits per heavy atom. The van der Waals surface area contributed by atoms with Crippen molar-refractivity contribution in [2.75, 3.05) is 0 Å². The van der Waals surface area contributed by atoms with E-state index in [1.54, 1.807) is 6.08 Å². The first-order valence-corrected chi connectivity index (χ1v) is 8.39. The van der Waals surface area contributed by atoms with Gasteiger partial charge >= 0.3 is 0 Å². The zero-order valence-corrected chi connectivity index (χ0v) is 13.7. The van der Waals surface area contributed by atoms with Crippen LogP contribution in [0.25, 0.3) is 38.4 Å². The topological polar surface area (TPSA) is 40.5 Å². The third kappa shape index (κ3) is 1.65. The van der Waals surface area contributed by atoms with Crippen LogP contribution in [0, 0.1) is 0 Å². The van der Waals surface area contributed by atoms with Gasteiger partial charge in [0.05, 0.1) is 0 Å². The smallest absolute Gasteiger partial charge is 0.110 e. The molecule has 0 aromatic heterocycles. The Hall–Kier alpha value is -1.94. The molecule has 2 atom stereocenters. The zero-order valence-electron chi connectivity index (χ0n) is 12.1. The molecule has 1 aliphatic rings. The molecular formula is C20H13BrO2. The number of hydrogen-bond donors (Lipinski definition) is 2. The van der Waals surface area contributed by atoms with E-state index in [9.17, 15) is 10.2 Å². The summed E-state index contributed by atoms with van der Waals surface area (Å²) in [4.78, 5) is 0. The predicted octanol–water partition coefficient (Wildman–Crippen LogP) is 4.77. The summed E-state index contributed by atoms with van der Waals surface area (Å²) >= 11 is 3.67. The number of hydrogen-bond acceptors (Lipinski definition) is 2. The maximum absolute atomic E-state index is 10.5. The Morgan fingerprint density at radius 1 is 0.826 bits per heavy atom. The van der Waals surface area contributed by atoms with Crippen molar-refractivity contribution in [2.45, 2.75) is 12.2 Å². The lowest BCUT2D eigenvalue weighted by molar-refractivity contribution is 0.0467. The van der Waals surface area contributed by atoms with E-state index >= 15 is 0 Å². The second-order valence-corrected chi connectivity index (χ2v) is 6.91. The molecular weight excluding hydrogens is 352 g/mol. The quantitative estimate of drug-likeness (QED) is 0.441. The molecule has 0 heterocycles. The Balaban J connectivity index is 2.10. The van der Waals surface area contributed by atoms with Gasteiger partial charge in [-0.2, -0.15) is 0 Å². The van der Waals surface area contributed by atoms with Gasteiger partial charge in [-0.25, -0.2) is 0 Å². The molecule has 0 aliphatic heterocycles. The first kappa shape index (κ1) is 13.5. The van der Waals surface area contributed by atoms with E-state index in [0.29, 0.717) is 0 Å². The van der Waals surface area contributed by atoms with Crippen molar-refractivity contribution in [1.82, 2.24) is 0 Å². The molecule has 23 heavy (non-hydrogen) atoms. The van der Waals surface area contributed by atoms with Gasteiger partial charge < -0.3 is 10.2 Å². The van der Waals surface area contributed by atoms with Crippen molar-refractivity contribution in [2.24, 2.45) is 0 Å². The van der Waals surface area contributed by atoms with Gasteiger partial charge in [-0.3, -0.25) is 0 Å². The first-order valence-electron chi connectivity index (χ1n) is 7.60. The molecule has 1 aliphatic carbocycles. The van der Waals surface area contributed by atoms with Crippen LogP contribution >= 0.6 is 15.9 Å². The van der Waals surface area contributed by atoms with Crippen molar-refractivity contribution in [3.05, 3.63) is 64.1 Å². The summed E-state index contributed by atoms with van der Waals surface area (Å²) in [7, 11) is 0. The minimum absolute atomic E-state index is 0.769. The summed E-state index contributed by atoms with van der Waals surface area (Å²) in [5.74, 6) is 0. The second-order valence-electron chi connectivity index (χ2n) is 6.12. The highest BCUT2D eigenvalue weighted by Gasteiger charge is 2.28. The van der Waals surface area contributed by atoms with Crippen LogP contribution < -0.4 is 0 Å². The van der Waals surface area contributed by atoms with Crippen molar-refractivity contribution in [3.8, 4) is 0 Å². The lowest BCUT2D eigenvalue weighted by Crippen LogP contribution is -2.20. The van der Waals surface area contributed by atoms with Gasteiger partial charge in [0.15, 0.2) is 0 Å². The molecule has 0 amide bonds. The van der Waals surface area contributed by atoms with Gasteiger partial charge in [0.25, 0.3) is 0 Å². The van der Waals surface area contributed by atoms with E-state index < -0.39 is 12.2 Å². The third-order valence-corrected chi connectivity index (χ3v) is 5.76. The number of halogens is 1. The molecule has 112 valence electrons. The van der Waals surface area contributed by atoms with Gasteiger partial charge in [0.1, 0.15) is 12.2 Å². The predicted molar refractivity (Wildman–Crippen MR) is 97.8 cm³/mol. The van der Waals surface area contributed by atoms with E-state index in [-0.39, 0.29) is 0 Å².